The third-order valence-electron chi connectivity index (χ3n) is 4.86. The van der Waals surface area contributed by atoms with Gasteiger partial charge in [-0.15, -0.1) is 0 Å². The van der Waals surface area contributed by atoms with Crippen LogP contribution in [0.3, 0.4) is 0 Å². The summed E-state index contributed by atoms with van der Waals surface area (Å²) in [5, 5.41) is 3.05. The van der Waals surface area contributed by atoms with Gasteiger partial charge in [0.05, 0.1) is 0 Å². The number of sulfonamides is 1. The molecule has 2 atom stereocenters. The first-order valence-electron chi connectivity index (χ1n) is 9.25. The van der Waals surface area contributed by atoms with E-state index in [9.17, 15) is 21.6 Å². The number of rotatable bonds is 6. The second kappa shape index (κ2) is 8.81. The summed E-state index contributed by atoms with van der Waals surface area (Å²) in [5.74, 6) is -3.15. The smallest absolute Gasteiger partial charge is 0.266 e. The maximum Gasteiger partial charge on any atom is 0.266 e. The average Bonchev–Trinajstić information content (AvgIpc) is 3.24. The maximum absolute atomic E-state index is 14.7. The summed E-state index contributed by atoms with van der Waals surface area (Å²) >= 11 is 0.757. The molecule has 1 aromatic heterocycles. The van der Waals surface area contributed by atoms with Crippen molar-refractivity contribution in [1.29, 1.82) is 0 Å². The first kappa shape index (κ1) is 21.5. The number of hydrogen-bond donors (Lipinski definition) is 2. The Labute approximate surface area is 180 Å². The molecule has 164 valence electrons. The van der Waals surface area contributed by atoms with Crippen LogP contribution >= 0.6 is 11.5 Å². The molecule has 3 aromatic rings. The fourth-order valence-corrected chi connectivity index (χ4v) is 5.14. The van der Waals surface area contributed by atoms with Crippen LogP contribution in [-0.4, -0.2) is 37.0 Å². The van der Waals surface area contributed by atoms with E-state index in [1.54, 1.807) is 12.1 Å². The van der Waals surface area contributed by atoms with Gasteiger partial charge < -0.3 is 10.1 Å². The highest BCUT2D eigenvalue weighted by Crippen LogP contribution is 2.32. The lowest BCUT2D eigenvalue weighted by Gasteiger charge is -2.33. The van der Waals surface area contributed by atoms with E-state index in [0.29, 0.717) is 31.6 Å². The summed E-state index contributed by atoms with van der Waals surface area (Å²) in [6.07, 6.45) is 1.22. The molecule has 1 fully saturated rings. The zero-order valence-electron chi connectivity index (χ0n) is 15.9. The zero-order chi connectivity index (χ0) is 22.0. The Morgan fingerprint density at radius 3 is 2.61 bits per heavy atom. The van der Waals surface area contributed by atoms with Crippen LogP contribution in [0.15, 0.2) is 47.6 Å². The molecule has 0 bridgehead atoms. The number of ether oxygens (including phenoxy) is 1. The molecule has 0 aliphatic carbocycles. The predicted molar refractivity (Wildman–Crippen MR) is 108 cm³/mol. The van der Waals surface area contributed by atoms with Gasteiger partial charge in [0.25, 0.3) is 10.0 Å². The second-order valence-electron chi connectivity index (χ2n) is 6.87. The van der Waals surface area contributed by atoms with Gasteiger partial charge in [-0.3, -0.25) is 4.72 Å². The van der Waals surface area contributed by atoms with Crippen LogP contribution in [0, 0.1) is 17.5 Å². The van der Waals surface area contributed by atoms with E-state index in [4.69, 9.17) is 4.74 Å². The largest absolute Gasteiger partial charge is 0.485 e. The van der Waals surface area contributed by atoms with Crippen molar-refractivity contribution in [3.63, 3.8) is 0 Å². The van der Waals surface area contributed by atoms with Crippen LogP contribution in [0.1, 0.15) is 17.9 Å². The molecule has 31 heavy (non-hydrogen) atoms. The van der Waals surface area contributed by atoms with Crippen molar-refractivity contribution in [2.75, 3.05) is 17.8 Å². The number of benzene rings is 2. The molecule has 7 nitrogen and oxygen atoms in total. The standard InChI is InChI=1S/C19H17F3N4O3S2/c20-12-3-1-11(2-4-12)13-5-6-23-9-17(13)29-16-7-15(22)18(8-14(16)21)31(27,28)26-19-24-10-25-30-19/h1-4,7-8,10,13,17,23H,5-6,9H2,(H,24,25,26)/t13-,17+/m1/s1. The van der Waals surface area contributed by atoms with E-state index in [0.717, 1.165) is 23.4 Å². The van der Waals surface area contributed by atoms with Gasteiger partial charge in [0, 0.05) is 36.1 Å². The zero-order valence-corrected chi connectivity index (χ0v) is 17.5. The van der Waals surface area contributed by atoms with Crippen LogP contribution in [0.2, 0.25) is 0 Å². The predicted octanol–water partition coefficient (Wildman–Crippen LogP) is 3.28. The van der Waals surface area contributed by atoms with Gasteiger partial charge in [0.15, 0.2) is 11.6 Å². The molecular formula is C19H17F3N4O3S2. The van der Waals surface area contributed by atoms with E-state index < -0.39 is 38.4 Å². The van der Waals surface area contributed by atoms with Crippen LogP contribution in [0.5, 0.6) is 5.75 Å². The van der Waals surface area contributed by atoms with Crippen LogP contribution in [0.4, 0.5) is 18.3 Å². The highest BCUT2D eigenvalue weighted by Gasteiger charge is 2.30. The fraction of sp³-hybridized carbons (Fsp3) is 0.263. The first-order valence-corrected chi connectivity index (χ1v) is 11.5. The lowest BCUT2D eigenvalue weighted by Crippen LogP contribution is -2.43. The fourth-order valence-electron chi connectivity index (χ4n) is 3.40. The van der Waals surface area contributed by atoms with Gasteiger partial charge in [-0.2, -0.15) is 4.37 Å². The molecule has 2 heterocycles. The maximum atomic E-state index is 14.7. The van der Waals surface area contributed by atoms with Gasteiger partial charge in [-0.05, 0) is 30.7 Å². The number of nitrogens with one attached hydrogen (secondary N) is 2. The molecule has 2 N–H and O–H groups in total. The van der Waals surface area contributed by atoms with Gasteiger partial charge >= 0.3 is 0 Å². The number of piperidine rings is 1. The van der Waals surface area contributed by atoms with Crippen molar-refractivity contribution in [3.05, 3.63) is 65.7 Å². The lowest BCUT2D eigenvalue weighted by molar-refractivity contribution is 0.136. The summed E-state index contributed by atoms with van der Waals surface area (Å²) < 4.78 is 78.7. The van der Waals surface area contributed by atoms with Crippen molar-refractivity contribution in [3.8, 4) is 5.75 Å². The summed E-state index contributed by atoms with van der Waals surface area (Å²) in [6.45, 7) is 1.05. The Kier molecular flexibility index (Phi) is 6.12. The molecule has 0 unspecified atom stereocenters. The molecule has 0 amide bonds. The molecule has 0 spiro atoms. The van der Waals surface area contributed by atoms with E-state index in [1.165, 1.54) is 12.1 Å². The molecule has 0 radical (unpaired) electrons. The molecule has 12 heteroatoms. The quantitative estimate of drug-likeness (QED) is 0.575. The minimum absolute atomic E-state index is 0.0736. The molecule has 4 rings (SSSR count). The monoisotopic (exact) mass is 470 g/mol. The summed E-state index contributed by atoms with van der Waals surface area (Å²) in [7, 11) is -4.40. The average molecular weight is 470 g/mol. The lowest BCUT2D eigenvalue weighted by atomic mass is 9.87. The first-order chi connectivity index (χ1) is 14.8. The van der Waals surface area contributed by atoms with Crippen LogP contribution in [0.25, 0.3) is 0 Å². The number of aromatic nitrogens is 2. The van der Waals surface area contributed by atoms with E-state index in [1.807, 2.05) is 4.72 Å². The van der Waals surface area contributed by atoms with Gasteiger partial charge in [0.1, 0.15) is 29.0 Å². The molecule has 0 saturated carbocycles. The van der Waals surface area contributed by atoms with Gasteiger partial charge in [0.2, 0.25) is 5.13 Å². The van der Waals surface area contributed by atoms with Crippen molar-refractivity contribution < 1.29 is 26.3 Å². The highest BCUT2D eigenvalue weighted by atomic mass is 32.2. The Bertz CT molecular complexity index is 1160. The number of nitrogens with zero attached hydrogens (tertiary/aromatic N) is 2. The molecule has 1 aliphatic heterocycles. The van der Waals surface area contributed by atoms with E-state index >= 15 is 0 Å². The third kappa shape index (κ3) is 4.81. The van der Waals surface area contributed by atoms with Crippen molar-refractivity contribution >= 4 is 26.7 Å². The number of halogens is 3. The van der Waals surface area contributed by atoms with Crippen molar-refractivity contribution in [1.82, 2.24) is 14.7 Å². The Balaban J connectivity index is 1.58. The molecule has 2 aromatic carbocycles. The summed E-state index contributed by atoms with van der Waals surface area (Å²) in [5.41, 5.74) is 0.814. The molecular weight excluding hydrogens is 453 g/mol. The third-order valence-corrected chi connectivity index (χ3v) is 6.93. The summed E-state index contributed by atoms with van der Waals surface area (Å²) in [4.78, 5) is 2.79. The Morgan fingerprint density at radius 1 is 1.13 bits per heavy atom. The SMILES string of the molecule is O=S(=O)(Nc1ncns1)c1cc(F)c(O[C@H]2CNCC[C@@H]2c2ccc(F)cc2)cc1F. The van der Waals surface area contributed by atoms with Crippen LogP contribution in [-0.2, 0) is 10.0 Å². The topological polar surface area (TPSA) is 93.2 Å². The normalized spacial score (nSPS) is 19.2. The van der Waals surface area contributed by atoms with Gasteiger partial charge in [-0.25, -0.2) is 26.6 Å². The van der Waals surface area contributed by atoms with E-state index in [2.05, 4.69) is 14.7 Å². The minimum Gasteiger partial charge on any atom is -0.485 e. The van der Waals surface area contributed by atoms with Gasteiger partial charge in [-0.1, -0.05) is 12.1 Å². The second-order valence-corrected chi connectivity index (χ2v) is 9.30. The number of anilines is 1. The van der Waals surface area contributed by atoms with E-state index in [-0.39, 0.29) is 16.9 Å². The number of hydrogen-bond acceptors (Lipinski definition) is 7. The molecule has 1 aliphatic rings. The Hall–Kier alpha value is -2.70. The Morgan fingerprint density at radius 2 is 1.90 bits per heavy atom. The van der Waals surface area contributed by atoms with Crippen molar-refractivity contribution in [2.45, 2.75) is 23.3 Å². The summed E-state index contributed by atoms with van der Waals surface area (Å²) in [6, 6.07) is 7.21. The minimum atomic E-state index is -4.40. The highest BCUT2D eigenvalue weighted by molar-refractivity contribution is 7.93. The molecule has 1 saturated heterocycles. The van der Waals surface area contributed by atoms with Crippen molar-refractivity contribution in [2.24, 2.45) is 0 Å². The van der Waals surface area contributed by atoms with Crippen LogP contribution < -0.4 is 14.8 Å².